The second kappa shape index (κ2) is 7.39. The predicted octanol–water partition coefficient (Wildman–Crippen LogP) is 3.76. The minimum absolute atomic E-state index is 0.143. The zero-order chi connectivity index (χ0) is 15.0. The monoisotopic (exact) mass is 283 g/mol. The molecule has 0 aliphatic carbocycles. The Hall–Kier alpha value is -2.23. The number of nitriles is 1. The summed E-state index contributed by atoms with van der Waals surface area (Å²) in [7, 11) is -6.00. The molecule has 1 aliphatic rings. The van der Waals surface area contributed by atoms with Crippen LogP contribution in [0.1, 0.15) is 5.56 Å². The molecule has 0 bridgehead atoms. The minimum Gasteiger partial charge on any atom is -0.418 e. The number of allylic oxidation sites excluding steroid dienone is 2. The average molecular weight is 283 g/mol. The van der Waals surface area contributed by atoms with E-state index in [1.54, 1.807) is 0 Å². The molecule has 0 aromatic heterocycles. The van der Waals surface area contributed by atoms with Crippen LogP contribution in [0.2, 0.25) is 0 Å². The van der Waals surface area contributed by atoms with E-state index in [-0.39, 0.29) is 6.04 Å². The molecule has 0 amide bonds. The van der Waals surface area contributed by atoms with Gasteiger partial charge in [-0.15, -0.1) is 0 Å². The van der Waals surface area contributed by atoms with Crippen molar-refractivity contribution in [1.82, 2.24) is 4.90 Å². The fraction of sp³-hybridized carbons (Fsp3) is 0.154. The van der Waals surface area contributed by atoms with Gasteiger partial charge >= 0.3 is 7.25 Å². The van der Waals surface area contributed by atoms with Gasteiger partial charge in [0.15, 0.2) is 0 Å². The Morgan fingerprint density at radius 3 is 2.25 bits per heavy atom. The van der Waals surface area contributed by atoms with E-state index in [2.05, 4.69) is 18.2 Å². The minimum atomic E-state index is -6.00. The third kappa shape index (κ3) is 6.64. The van der Waals surface area contributed by atoms with Gasteiger partial charge in [-0.2, -0.15) is 5.26 Å². The van der Waals surface area contributed by atoms with Crippen LogP contribution in [0, 0.1) is 11.3 Å². The Balaban J connectivity index is 0.000000347. The number of rotatable bonds is 2. The van der Waals surface area contributed by atoms with Crippen molar-refractivity contribution >= 4 is 7.25 Å². The molecule has 0 spiro atoms. The molecule has 1 heterocycles. The Morgan fingerprint density at radius 1 is 1.10 bits per heavy atom. The van der Waals surface area contributed by atoms with Crippen molar-refractivity contribution in [1.29, 1.82) is 5.26 Å². The van der Waals surface area contributed by atoms with Crippen LogP contribution in [0.5, 0.6) is 0 Å². The van der Waals surface area contributed by atoms with E-state index in [4.69, 9.17) is 5.26 Å². The number of nitrogens with zero attached hydrogens (tertiary/aromatic N) is 2. The van der Waals surface area contributed by atoms with E-state index < -0.39 is 7.25 Å². The highest BCUT2D eigenvalue weighted by Crippen LogP contribution is 2.12. The van der Waals surface area contributed by atoms with E-state index in [1.165, 1.54) is 5.56 Å². The van der Waals surface area contributed by atoms with E-state index in [0.717, 1.165) is 6.54 Å². The fourth-order valence-corrected chi connectivity index (χ4v) is 1.60. The SMILES string of the molecule is F[B-](F)(F)F.N#CC1C=CC=CN1Cc1ccccc1. The van der Waals surface area contributed by atoms with Crippen molar-refractivity contribution in [2.75, 3.05) is 0 Å². The van der Waals surface area contributed by atoms with Gasteiger partial charge in [-0.25, -0.2) is 0 Å². The van der Waals surface area contributed by atoms with E-state index >= 15 is 0 Å². The molecule has 7 heteroatoms. The number of benzene rings is 1. The molecule has 0 fully saturated rings. The highest BCUT2D eigenvalue weighted by molar-refractivity contribution is 6.50. The van der Waals surface area contributed by atoms with Crippen LogP contribution in [0.4, 0.5) is 17.3 Å². The lowest BCUT2D eigenvalue weighted by atomic mass is 10.1. The molecule has 1 atom stereocenters. The smallest absolute Gasteiger partial charge is 0.418 e. The second-order valence-corrected chi connectivity index (χ2v) is 3.95. The maximum atomic E-state index is 9.75. The standard InChI is InChI=1S/C13H12N2.BF4/c14-10-13-8-4-5-9-15(13)11-12-6-2-1-3-7-12;2-1(3,4)5/h1-9,13H,11H2;/q;-1. The Labute approximate surface area is 114 Å². The van der Waals surface area contributed by atoms with E-state index in [0.29, 0.717) is 0 Å². The molecule has 0 N–H and O–H groups in total. The first-order valence-electron chi connectivity index (χ1n) is 5.82. The summed E-state index contributed by atoms with van der Waals surface area (Å²) >= 11 is 0. The molecule has 106 valence electrons. The largest absolute Gasteiger partial charge is 0.673 e. The molecule has 2 rings (SSSR count). The van der Waals surface area contributed by atoms with Crippen LogP contribution in [-0.2, 0) is 6.54 Å². The van der Waals surface area contributed by atoms with Crippen molar-refractivity contribution in [3.05, 3.63) is 60.3 Å². The normalized spacial score (nSPS) is 17.1. The van der Waals surface area contributed by atoms with Crippen molar-refractivity contribution in [2.24, 2.45) is 0 Å². The molecular formula is C13H12BF4N2-. The summed E-state index contributed by atoms with van der Waals surface area (Å²) < 4.78 is 39.0. The van der Waals surface area contributed by atoms with E-state index in [1.807, 2.05) is 47.5 Å². The maximum Gasteiger partial charge on any atom is 0.673 e. The highest BCUT2D eigenvalue weighted by Gasteiger charge is 2.20. The molecule has 0 radical (unpaired) electrons. The third-order valence-corrected chi connectivity index (χ3v) is 2.38. The molecular weight excluding hydrogens is 271 g/mol. The fourth-order valence-electron chi connectivity index (χ4n) is 1.60. The lowest BCUT2D eigenvalue weighted by Gasteiger charge is -2.25. The molecule has 20 heavy (non-hydrogen) atoms. The highest BCUT2D eigenvalue weighted by atomic mass is 19.5. The van der Waals surface area contributed by atoms with Crippen LogP contribution >= 0.6 is 0 Å². The molecule has 1 unspecified atom stereocenters. The van der Waals surface area contributed by atoms with Crippen LogP contribution in [-0.4, -0.2) is 18.2 Å². The summed E-state index contributed by atoms with van der Waals surface area (Å²) in [6, 6.07) is 12.3. The van der Waals surface area contributed by atoms with Gasteiger partial charge in [-0.3, -0.25) is 0 Å². The quantitative estimate of drug-likeness (QED) is 0.610. The Kier molecular flexibility index (Phi) is 5.85. The summed E-state index contributed by atoms with van der Waals surface area (Å²) in [5.74, 6) is 0. The second-order valence-electron chi connectivity index (χ2n) is 3.95. The lowest BCUT2D eigenvalue weighted by molar-refractivity contribution is 0.354. The summed E-state index contributed by atoms with van der Waals surface area (Å²) in [6.07, 6.45) is 7.73. The van der Waals surface area contributed by atoms with Crippen molar-refractivity contribution in [3.63, 3.8) is 0 Å². The average Bonchev–Trinajstić information content (AvgIpc) is 2.39. The lowest BCUT2D eigenvalue weighted by Crippen LogP contribution is -2.28. The van der Waals surface area contributed by atoms with E-state index in [9.17, 15) is 17.3 Å². The van der Waals surface area contributed by atoms with Crippen molar-refractivity contribution in [2.45, 2.75) is 12.6 Å². The molecule has 1 aromatic rings. The van der Waals surface area contributed by atoms with Crippen LogP contribution in [0.3, 0.4) is 0 Å². The third-order valence-electron chi connectivity index (χ3n) is 2.38. The molecule has 2 nitrogen and oxygen atoms in total. The maximum absolute atomic E-state index is 9.75. The van der Waals surface area contributed by atoms with Gasteiger partial charge < -0.3 is 22.2 Å². The number of halogens is 4. The summed E-state index contributed by atoms with van der Waals surface area (Å²) in [5, 5.41) is 8.96. The van der Waals surface area contributed by atoms with Gasteiger partial charge in [0.1, 0.15) is 6.04 Å². The van der Waals surface area contributed by atoms with Crippen LogP contribution in [0.25, 0.3) is 0 Å². The van der Waals surface area contributed by atoms with Crippen LogP contribution < -0.4 is 0 Å². The molecule has 1 aromatic carbocycles. The van der Waals surface area contributed by atoms with Crippen molar-refractivity contribution in [3.8, 4) is 6.07 Å². The molecule has 0 saturated carbocycles. The van der Waals surface area contributed by atoms with Gasteiger partial charge in [0.2, 0.25) is 0 Å². The zero-order valence-corrected chi connectivity index (χ0v) is 10.5. The number of hydrogen-bond donors (Lipinski definition) is 0. The summed E-state index contributed by atoms with van der Waals surface area (Å²) in [5.41, 5.74) is 1.22. The molecule has 1 aliphatic heterocycles. The van der Waals surface area contributed by atoms with Gasteiger partial charge in [0, 0.05) is 12.7 Å². The number of hydrogen-bond acceptors (Lipinski definition) is 2. The predicted molar refractivity (Wildman–Crippen MR) is 69.9 cm³/mol. The summed E-state index contributed by atoms with van der Waals surface area (Å²) in [6.45, 7) is 0.778. The summed E-state index contributed by atoms with van der Waals surface area (Å²) in [4.78, 5) is 2.02. The first kappa shape index (κ1) is 15.8. The first-order valence-corrected chi connectivity index (χ1v) is 5.82. The topological polar surface area (TPSA) is 27.0 Å². The van der Waals surface area contributed by atoms with Gasteiger partial charge in [0.05, 0.1) is 6.07 Å². The Bertz CT molecular complexity index is 499. The first-order chi connectivity index (χ1) is 9.40. The van der Waals surface area contributed by atoms with Gasteiger partial charge in [-0.1, -0.05) is 36.4 Å². The molecule has 0 saturated heterocycles. The van der Waals surface area contributed by atoms with Crippen LogP contribution in [0.15, 0.2) is 54.8 Å². The van der Waals surface area contributed by atoms with Gasteiger partial charge in [0.25, 0.3) is 0 Å². The van der Waals surface area contributed by atoms with Crippen molar-refractivity contribution < 1.29 is 17.3 Å². The zero-order valence-electron chi connectivity index (χ0n) is 10.5. The Morgan fingerprint density at radius 2 is 1.70 bits per heavy atom. The van der Waals surface area contributed by atoms with Gasteiger partial charge in [-0.05, 0) is 17.7 Å².